The van der Waals surface area contributed by atoms with Gasteiger partial charge in [0.05, 0.1) is 0 Å². The summed E-state index contributed by atoms with van der Waals surface area (Å²) in [5.74, 6) is 2.95. The van der Waals surface area contributed by atoms with Gasteiger partial charge in [-0.1, -0.05) is 121 Å². The molecule has 0 heteroatoms. The molecule has 4 aliphatic rings. The van der Waals surface area contributed by atoms with Crippen molar-refractivity contribution in [3.63, 3.8) is 0 Å². The maximum Gasteiger partial charge on any atom is -0.00201 e. The van der Waals surface area contributed by atoms with Crippen LogP contribution in [0.5, 0.6) is 0 Å². The highest BCUT2D eigenvalue weighted by Gasteiger charge is 2.39. The highest BCUT2D eigenvalue weighted by atomic mass is 14.4. The summed E-state index contributed by atoms with van der Waals surface area (Å²) in [6, 6.07) is 51.3. The van der Waals surface area contributed by atoms with Crippen LogP contribution in [0.2, 0.25) is 0 Å². The molecule has 7 aromatic carbocycles. The molecule has 0 radical (unpaired) electrons. The normalized spacial score (nSPS) is 21.7. The third-order valence-electron chi connectivity index (χ3n) is 12.7. The van der Waals surface area contributed by atoms with Gasteiger partial charge in [-0.25, -0.2) is 0 Å². The topological polar surface area (TPSA) is 0 Å². The Bertz CT molecular complexity index is 2240. The molecule has 2 fully saturated rings. The number of hydrogen-bond acceptors (Lipinski definition) is 0. The lowest BCUT2D eigenvalue weighted by atomic mass is 9.81. The molecule has 4 atom stereocenters. The first-order valence-corrected chi connectivity index (χ1v) is 18.2. The van der Waals surface area contributed by atoms with Crippen LogP contribution >= 0.6 is 0 Å². The summed E-state index contributed by atoms with van der Waals surface area (Å²) in [5, 5.41) is 5.36. The van der Waals surface area contributed by atoms with E-state index in [0.29, 0.717) is 0 Å². The van der Waals surface area contributed by atoms with Crippen LogP contribution < -0.4 is 0 Å². The summed E-state index contributed by atoms with van der Waals surface area (Å²) >= 11 is 0. The molecule has 4 unspecified atom stereocenters. The van der Waals surface area contributed by atoms with Crippen LogP contribution in [-0.2, 0) is 0 Å². The van der Waals surface area contributed by atoms with E-state index in [1.54, 1.807) is 22.3 Å². The van der Waals surface area contributed by atoms with Crippen molar-refractivity contribution in [1.82, 2.24) is 0 Å². The van der Waals surface area contributed by atoms with Gasteiger partial charge in [-0.05, 0) is 163 Å². The van der Waals surface area contributed by atoms with Crippen molar-refractivity contribution >= 4 is 21.5 Å². The third kappa shape index (κ3) is 3.84. The zero-order chi connectivity index (χ0) is 31.3. The molecule has 0 saturated heterocycles. The zero-order valence-electron chi connectivity index (χ0n) is 27.3. The minimum atomic E-state index is 0.718. The molecule has 0 amide bonds. The lowest BCUT2D eigenvalue weighted by molar-refractivity contribution is 0.719. The number of rotatable bonds is 4. The second-order valence-electron chi connectivity index (χ2n) is 15.0. The van der Waals surface area contributed by atoms with Gasteiger partial charge in [0.25, 0.3) is 0 Å². The lowest BCUT2D eigenvalue weighted by Crippen LogP contribution is -2.01. The maximum absolute atomic E-state index is 2.53. The van der Waals surface area contributed by atoms with Gasteiger partial charge in [0, 0.05) is 0 Å². The van der Waals surface area contributed by atoms with Crippen molar-refractivity contribution in [2.24, 2.45) is 0 Å². The summed E-state index contributed by atoms with van der Waals surface area (Å²) in [4.78, 5) is 0. The molecule has 48 heavy (non-hydrogen) atoms. The molecule has 0 aromatic heterocycles. The first kappa shape index (κ1) is 27.1. The standard InChI is InChI=1S/C48H38/c1-3-9-29(10-4-1)47-43-27-33(39-15-7-13-37-31-17-19-35(25-31)45(37)39)21-23-41(43)42-24-22-34(28-44(42)48(47)30-11-5-2-6-12-30)40-16-8-14-38-32-18-20-36(26-32)46(38)40/h1-16,21-24,27-28,31-32,35-36H,17-20,25-26H2. The Kier molecular flexibility index (Phi) is 5.79. The van der Waals surface area contributed by atoms with Crippen LogP contribution in [0.1, 0.15) is 84.5 Å². The Labute approximate surface area is 283 Å². The van der Waals surface area contributed by atoms with Crippen molar-refractivity contribution in [2.75, 3.05) is 0 Å². The molecular formula is C48H38. The Morgan fingerprint density at radius 2 is 0.771 bits per heavy atom. The van der Waals surface area contributed by atoms with E-state index in [1.165, 1.54) is 105 Å². The molecule has 0 nitrogen and oxygen atoms in total. The first-order valence-electron chi connectivity index (χ1n) is 18.2. The van der Waals surface area contributed by atoms with Crippen molar-refractivity contribution < 1.29 is 0 Å². The van der Waals surface area contributed by atoms with E-state index in [1.807, 2.05) is 0 Å². The van der Waals surface area contributed by atoms with E-state index in [4.69, 9.17) is 0 Å². The fraction of sp³-hybridized carbons (Fsp3) is 0.208. The molecule has 0 aliphatic heterocycles. The molecule has 0 N–H and O–H groups in total. The Morgan fingerprint density at radius 1 is 0.333 bits per heavy atom. The van der Waals surface area contributed by atoms with Gasteiger partial charge in [-0.15, -0.1) is 0 Å². The van der Waals surface area contributed by atoms with Gasteiger partial charge >= 0.3 is 0 Å². The van der Waals surface area contributed by atoms with Crippen LogP contribution in [0.25, 0.3) is 66.1 Å². The van der Waals surface area contributed by atoms with Gasteiger partial charge < -0.3 is 0 Å². The smallest absolute Gasteiger partial charge is 0.00201 e. The maximum atomic E-state index is 2.53. The van der Waals surface area contributed by atoms with E-state index < -0.39 is 0 Å². The zero-order valence-corrected chi connectivity index (χ0v) is 27.3. The van der Waals surface area contributed by atoms with Gasteiger partial charge in [-0.2, -0.15) is 0 Å². The van der Waals surface area contributed by atoms with Crippen molar-refractivity contribution in [3.05, 3.63) is 156 Å². The quantitative estimate of drug-likeness (QED) is 0.173. The summed E-state index contributed by atoms with van der Waals surface area (Å²) in [7, 11) is 0. The average Bonchev–Trinajstić information content (AvgIpc) is 3.98. The molecular weight excluding hydrogens is 577 g/mol. The van der Waals surface area contributed by atoms with E-state index in [2.05, 4.69) is 133 Å². The molecule has 230 valence electrons. The first-order chi connectivity index (χ1) is 23.8. The summed E-state index contributed by atoms with van der Waals surface area (Å²) in [5.41, 5.74) is 17.3. The van der Waals surface area contributed by atoms with Crippen LogP contribution in [-0.4, -0.2) is 0 Å². The molecule has 2 saturated carbocycles. The fourth-order valence-electron chi connectivity index (χ4n) is 10.7. The van der Waals surface area contributed by atoms with Crippen LogP contribution in [0.15, 0.2) is 133 Å². The molecule has 11 rings (SSSR count). The van der Waals surface area contributed by atoms with Gasteiger partial charge in [0.15, 0.2) is 0 Å². The van der Waals surface area contributed by atoms with Crippen LogP contribution in [0.3, 0.4) is 0 Å². The molecule has 0 heterocycles. The largest absolute Gasteiger partial charge is 0.0622 e. The van der Waals surface area contributed by atoms with Gasteiger partial charge in [0.1, 0.15) is 0 Å². The lowest BCUT2D eigenvalue weighted by Gasteiger charge is -2.23. The second-order valence-corrected chi connectivity index (χ2v) is 15.0. The Hall–Kier alpha value is -4.94. The fourth-order valence-corrected chi connectivity index (χ4v) is 10.7. The second kappa shape index (κ2) is 10.3. The molecule has 7 aromatic rings. The van der Waals surface area contributed by atoms with Crippen LogP contribution in [0.4, 0.5) is 0 Å². The van der Waals surface area contributed by atoms with Gasteiger partial charge in [-0.3, -0.25) is 0 Å². The Morgan fingerprint density at radius 3 is 1.23 bits per heavy atom. The van der Waals surface area contributed by atoms with E-state index in [-0.39, 0.29) is 0 Å². The highest BCUT2D eigenvalue weighted by molar-refractivity contribution is 6.22. The number of fused-ring (bicyclic) bond motifs is 13. The molecule has 4 bridgehead atoms. The SMILES string of the molecule is c1ccc(-c2c(-c3ccccc3)c3cc(-c4cccc5c4C4CCC5C4)ccc3c3ccc(-c4cccc5c4C4CCC5C4)cc23)cc1. The summed E-state index contributed by atoms with van der Waals surface area (Å²) in [6.45, 7) is 0. The number of benzene rings is 7. The summed E-state index contributed by atoms with van der Waals surface area (Å²) < 4.78 is 0. The third-order valence-corrected chi connectivity index (χ3v) is 12.7. The van der Waals surface area contributed by atoms with E-state index in [9.17, 15) is 0 Å². The Balaban J connectivity index is 1.22. The van der Waals surface area contributed by atoms with Crippen molar-refractivity contribution in [3.8, 4) is 44.5 Å². The monoisotopic (exact) mass is 614 g/mol. The average molecular weight is 615 g/mol. The predicted octanol–water partition coefficient (Wildman–Crippen LogP) is 13.4. The van der Waals surface area contributed by atoms with Crippen LogP contribution in [0, 0.1) is 0 Å². The van der Waals surface area contributed by atoms with Crippen molar-refractivity contribution in [1.29, 1.82) is 0 Å². The van der Waals surface area contributed by atoms with E-state index >= 15 is 0 Å². The summed E-state index contributed by atoms with van der Waals surface area (Å²) in [6.07, 6.45) is 8.08. The van der Waals surface area contributed by atoms with E-state index in [0.717, 1.165) is 23.7 Å². The molecule has 0 spiro atoms. The van der Waals surface area contributed by atoms with Gasteiger partial charge in [0.2, 0.25) is 0 Å². The van der Waals surface area contributed by atoms with Crippen molar-refractivity contribution in [2.45, 2.75) is 62.2 Å². The minimum Gasteiger partial charge on any atom is -0.0622 e. The number of hydrogen-bond donors (Lipinski definition) is 0. The predicted molar refractivity (Wildman–Crippen MR) is 202 cm³/mol. The minimum absolute atomic E-state index is 0.718. The molecule has 4 aliphatic carbocycles. The highest BCUT2D eigenvalue weighted by Crippen LogP contribution is 2.57.